The molecule has 36 heavy (non-hydrogen) atoms. The number of ether oxygens (including phenoxy) is 3. The molecular formula is C30H37NO5. The van der Waals surface area contributed by atoms with Crippen LogP contribution in [0.3, 0.4) is 0 Å². The highest BCUT2D eigenvalue weighted by Crippen LogP contribution is 2.43. The first kappa shape index (κ1) is 28.5. The van der Waals surface area contributed by atoms with E-state index in [1.165, 1.54) is 0 Å². The van der Waals surface area contributed by atoms with Gasteiger partial charge in [0.05, 0.1) is 27.9 Å². The predicted octanol–water partition coefficient (Wildman–Crippen LogP) is 5.65. The molecule has 0 unspecified atom stereocenters. The van der Waals surface area contributed by atoms with Crippen molar-refractivity contribution in [3.63, 3.8) is 0 Å². The topological polar surface area (TPSA) is 68.2 Å². The van der Waals surface area contributed by atoms with Crippen LogP contribution in [0.5, 0.6) is 17.2 Å². The molecule has 3 aromatic carbocycles. The van der Waals surface area contributed by atoms with Crippen molar-refractivity contribution in [3.8, 4) is 17.2 Å². The average Bonchev–Trinajstić information content (AvgIpc) is 2.90. The van der Waals surface area contributed by atoms with Gasteiger partial charge in [0.1, 0.15) is 17.2 Å². The largest absolute Gasteiger partial charge is 0.497 e. The number of likely N-dealkylation sites (N-methyl/N-ethyl adjacent to an activating group) is 1. The van der Waals surface area contributed by atoms with Crippen LogP contribution in [0.1, 0.15) is 30.0 Å². The summed E-state index contributed by atoms with van der Waals surface area (Å²) < 4.78 is 16.2. The van der Waals surface area contributed by atoms with E-state index in [0.717, 1.165) is 33.9 Å². The number of benzene rings is 3. The van der Waals surface area contributed by atoms with Crippen molar-refractivity contribution in [2.45, 2.75) is 18.8 Å². The van der Waals surface area contributed by atoms with E-state index in [4.69, 9.17) is 14.2 Å². The van der Waals surface area contributed by atoms with Crippen LogP contribution in [0.15, 0.2) is 85.5 Å². The van der Waals surface area contributed by atoms with Gasteiger partial charge in [0.25, 0.3) is 0 Å². The third-order valence-corrected chi connectivity index (χ3v) is 6.02. The van der Waals surface area contributed by atoms with Crippen LogP contribution in [0.25, 0.3) is 0 Å². The Morgan fingerprint density at radius 1 is 0.806 bits per heavy atom. The molecule has 0 saturated heterocycles. The van der Waals surface area contributed by atoms with Crippen molar-refractivity contribution < 1.29 is 24.1 Å². The Hall–Kier alpha value is -3.77. The van der Waals surface area contributed by atoms with Crippen molar-refractivity contribution in [3.05, 3.63) is 102 Å². The highest BCUT2D eigenvalue weighted by atomic mass is 16.5. The molecular weight excluding hydrogens is 454 g/mol. The molecule has 0 radical (unpaired) electrons. The maximum absolute atomic E-state index is 11.3. The molecule has 0 atom stereocenters. The van der Waals surface area contributed by atoms with Crippen molar-refractivity contribution in [2.24, 2.45) is 0 Å². The van der Waals surface area contributed by atoms with Gasteiger partial charge in [-0.3, -0.25) is 9.69 Å². The van der Waals surface area contributed by atoms with Crippen LogP contribution in [-0.2, 0) is 10.2 Å². The summed E-state index contributed by atoms with van der Waals surface area (Å²) in [6, 6.07) is 24.2. The number of hydrogen-bond donors (Lipinski definition) is 1. The Balaban J connectivity index is 0.00000145. The monoisotopic (exact) mass is 491 g/mol. The van der Waals surface area contributed by atoms with Crippen LogP contribution in [0, 0.1) is 0 Å². The number of allylic oxidation sites excluding steroid dienone is 1. The number of carboxylic acid groups (broad SMARTS) is 1. The van der Waals surface area contributed by atoms with Gasteiger partial charge in [0, 0.05) is 5.41 Å². The molecule has 6 heteroatoms. The van der Waals surface area contributed by atoms with Gasteiger partial charge in [-0.15, -0.1) is 6.58 Å². The molecule has 3 aromatic rings. The Kier molecular flexibility index (Phi) is 11.0. The van der Waals surface area contributed by atoms with Crippen molar-refractivity contribution in [1.82, 2.24) is 4.90 Å². The molecule has 1 N–H and O–H groups in total. The summed E-state index contributed by atoms with van der Waals surface area (Å²) in [5.41, 5.74) is 2.73. The lowest BCUT2D eigenvalue weighted by Gasteiger charge is -2.37. The summed E-state index contributed by atoms with van der Waals surface area (Å²) in [5.74, 6) is 1.49. The Morgan fingerprint density at radius 2 is 1.11 bits per heavy atom. The maximum Gasteiger partial charge on any atom is 0.317 e. The van der Waals surface area contributed by atoms with Crippen LogP contribution in [0.4, 0.5) is 0 Å². The number of aliphatic carboxylic acids is 1. The van der Waals surface area contributed by atoms with Crippen molar-refractivity contribution >= 4 is 5.97 Å². The molecule has 0 aliphatic heterocycles. The summed E-state index contributed by atoms with van der Waals surface area (Å²) in [7, 11) is 6.77. The zero-order valence-corrected chi connectivity index (χ0v) is 21.9. The van der Waals surface area contributed by atoms with Crippen LogP contribution < -0.4 is 14.2 Å². The van der Waals surface area contributed by atoms with Gasteiger partial charge in [-0.1, -0.05) is 42.5 Å². The Morgan fingerprint density at radius 3 is 1.36 bits per heavy atom. The number of carbonyl (C=O) groups is 1. The minimum atomic E-state index is -0.846. The second-order valence-electron chi connectivity index (χ2n) is 8.38. The first-order valence-corrected chi connectivity index (χ1v) is 11.8. The summed E-state index contributed by atoms with van der Waals surface area (Å²) >= 11 is 0. The van der Waals surface area contributed by atoms with Crippen molar-refractivity contribution in [1.29, 1.82) is 0 Å². The molecule has 3 rings (SSSR count). The smallest absolute Gasteiger partial charge is 0.317 e. The summed E-state index contributed by atoms with van der Waals surface area (Å²) in [4.78, 5) is 13.1. The average molecular weight is 492 g/mol. The lowest BCUT2D eigenvalue weighted by atomic mass is 9.67. The number of methoxy groups -OCH3 is 3. The molecule has 0 aliphatic rings. The van der Waals surface area contributed by atoms with Crippen LogP contribution in [-0.4, -0.2) is 57.4 Å². The molecule has 0 aliphatic carbocycles. The fourth-order valence-electron chi connectivity index (χ4n) is 4.23. The van der Waals surface area contributed by atoms with Crippen molar-refractivity contribution in [2.75, 3.05) is 41.5 Å². The lowest BCUT2D eigenvalue weighted by molar-refractivity contribution is -0.138. The zero-order chi connectivity index (χ0) is 26.6. The van der Waals surface area contributed by atoms with Gasteiger partial charge in [-0.05, 0) is 80.0 Å². The van der Waals surface area contributed by atoms with Gasteiger partial charge in [0.15, 0.2) is 0 Å². The Bertz CT molecular complexity index is 960. The highest BCUT2D eigenvalue weighted by Gasteiger charge is 2.36. The van der Waals surface area contributed by atoms with E-state index in [2.05, 4.69) is 43.0 Å². The summed E-state index contributed by atoms with van der Waals surface area (Å²) in [6.45, 7) is 5.81. The minimum Gasteiger partial charge on any atom is -0.497 e. The van der Waals surface area contributed by atoms with Gasteiger partial charge >= 0.3 is 5.97 Å². The summed E-state index contributed by atoms with van der Waals surface area (Å²) in [5, 5.41) is 9.25. The van der Waals surface area contributed by atoms with E-state index < -0.39 is 11.4 Å². The van der Waals surface area contributed by atoms with Crippen LogP contribution in [0.2, 0.25) is 0 Å². The van der Waals surface area contributed by atoms with E-state index >= 15 is 0 Å². The fraction of sp³-hybridized carbons (Fsp3) is 0.300. The van der Waals surface area contributed by atoms with Gasteiger partial charge in [-0.25, -0.2) is 0 Å². The number of rotatable bonds is 11. The SMILES string of the molecule is C=CC.COc1ccc(C(CCN(C)CC(=O)O)(c2ccc(OC)cc2)c2ccc(OC)cc2)cc1. The van der Waals surface area contributed by atoms with E-state index in [-0.39, 0.29) is 6.54 Å². The first-order chi connectivity index (χ1) is 17.3. The molecule has 0 bridgehead atoms. The van der Waals surface area contributed by atoms with Gasteiger partial charge < -0.3 is 19.3 Å². The van der Waals surface area contributed by atoms with E-state index in [1.54, 1.807) is 27.4 Å². The second kappa shape index (κ2) is 14.0. The minimum absolute atomic E-state index is 0.0239. The standard InChI is InChI=1S/C27H31NO5.C3H6/c1-28(19-26(29)30)18-17-27(20-5-11-23(31-2)12-6-20,21-7-13-24(32-3)14-8-21)22-9-15-25(33-4)16-10-22;1-3-2/h5-16H,17-19H2,1-4H3,(H,29,30);3H,1H2,2H3. The lowest BCUT2D eigenvalue weighted by Crippen LogP contribution is -2.36. The molecule has 0 saturated carbocycles. The third kappa shape index (κ3) is 7.12. The third-order valence-electron chi connectivity index (χ3n) is 6.02. The normalized spacial score (nSPS) is 10.7. The molecule has 192 valence electrons. The number of carboxylic acids is 1. The molecule has 6 nitrogen and oxygen atoms in total. The van der Waals surface area contributed by atoms with Gasteiger partial charge in [0.2, 0.25) is 0 Å². The summed E-state index contributed by atoms with van der Waals surface area (Å²) in [6.07, 6.45) is 2.42. The molecule has 0 heterocycles. The number of nitrogens with zero attached hydrogens (tertiary/aromatic N) is 1. The van der Waals surface area contributed by atoms with E-state index in [1.807, 2.05) is 55.3 Å². The zero-order valence-electron chi connectivity index (χ0n) is 21.9. The Labute approximate surface area is 214 Å². The predicted molar refractivity (Wildman–Crippen MR) is 144 cm³/mol. The molecule has 0 fully saturated rings. The fourth-order valence-corrected chi connectivity index (χ4v) is 4.23. The van der Waals surface area contributed by atoms with E-state index in [0.29, 0.717) is 13.0 Å². The van der Waals surface area contributed by atoms with Crippen LogP contribution >= 0.6 is 0 Å². The molecule has 0 aromatic heterocycles. The maximum atomic E-state index is 11.3. The second-order valence-corrected chi connectivity index (χ2v) is 8.38. The number of hydrogen-bond acceptors (Lipinski definition) is 5. The molecule has 0 amide bonds. The van der Waals surface area contributed by atoms with Gasteiger partial charge in [-0.2, -0.15) is 0 Å². The highest BCUT2D eigenvalue weighted by molar-refractivity contribution is 5.69. The first-order valence-electron chi connectivity index (χ1n) is 11.8. The van der Waals surface area contributed by atoms with E-state index in [9.17, 15) is 9.90 Å². The molecule has 0 spiro atoms. The quantitative estimate of drug-likeness (QED) is 0.276.